The molecule has 0 bridgehead atoms. The van der Waals surface area contributed by atoms with Gasteiger partial charge < -0.3 is 15.0 Å². The fraction of sp³-hybridized carbons (Fsp3) is 0.636. The lowest BCUT2D eigenvalue weighted by atomic mass is 10.1. The average Bonchev–Trinajstić information content (AvgIpc) is 2.33. The first-order valence-corrected chi connectivity index (χ1v) is 5.59. The fourth-order valence-electron chi connectivity index (χ4n) is 1.83. The van der Waals surface area contributed by atoms with Gasteiger partial charge in [-0.15, -0.1) is 0 Å². The molecule has 0 amide bonds. The number of ether oxygens (including phenoxy) is 1. The van der Waals surface area contributed by atoms with E-state index in [2.05, 4.69) is 27.2 Å². The second-order valence-corrected chi connectivity index (χ2v) is 4.17. The van der Waals surface area contributed by atoms with Crippen LogP contribution >= 0.6 is 0 Å². The van der Waals surface area contributed by atoms with E-state index in [4.69, 9.17) is 4.74 Å². The van der Waals surface area contributed by atoms with Crippen LogP contribution in [-0.2, 0) is 0 Å². The molecule has 5 heteroatoms. The standard InChI is InChI=1S/C11H18N4O/c1-15-5-3-9(4-6-15)14-11-12-7-10(16-2)8-13-11/h7-9H,3-6H2,1-2H3,(H,12,13,14). The van der Waals surface area contributed by atoms with Crippen LogP contribution < -0.4 is 10.1 Å². The van der Waals surface area contributed by atoms with Crippen LogP contribution in [0.25, 0.3) is 0 Å². The zero-order valence-electron chi connectivity index (χ0n) is 9.81. The minimum absolute atomic E-state index is 0.490. The lowest BCUT2D eigenvalue weighted by Gasteiger charge is -2.29. The molecule has 1 aliphatic rings. The third kappa shape index (κ3) is 2.82. The van der Waals surface area contributed by atoms with Gasteiger partial charge in [0.2, 0.25) is 5.95 Å². The van der Waals surface area contributed by atoms with Crippen molar-refractivity contribution >= 4 is 5.95 Å². The van der Waals surface area contributed by atoms with E-state index in [0.29, 0.717) is 17.7 Å². The Morgan fingerprint density at radius 3 is 2.50 bits per heavy atom. The molecular weight excluding hydrogens is 204 g/mol. The van der Waals surface area contributed by atoms with Crippen LogP contribution in [0.4, 0.5) is 5.95 Å². The monoisotopic (exact) mass is 222 g/mol. The van der Waals surface area contributed by atoms with Crippen molar-refractivity contribution in [2.45, 2.75) is 18.9 Å². The summed E-state index contributed by atoms with van der Waals surface area (Å²) in [5.74, 6) is 1.38. The molecule has 0 radical (unpaired) electrons. The van der Waals surface area contributed by atoms with E-state index in [0.717, 1.165) is 25.9 Å². The number of hydrogen-bond donors (Lipinski definition) is 1. The highest BCUT2D eigenvalue weighted by atomic mass is 16.5. The Kier molecular flexibility index (Phi) is 3.56. The van der Waals surface area contributed by atoms with Crippen LogP contribution in [0, 0.1) is 0 Å². The summed E-state index contributed by atoms with van der Waals surface area (Å²) in [4.78, 5) is 10.7. The maximum absolute atomic E-state index is 5.01. The van der Waals surface area contributed by atoms with Crippen molar-refractivity contribution in [3.05, 3.63) is 12.4 Å². The first-order chi connectivity index (χ1) is 7.78. The van der Waals surface area contributed by atoms with Gasteiger partial charge >= 0.3 is 0 Å². The van der Waals surface area contributed by atoms with Crippen molar-refractivity contribution in [3.63, 3.8) is 0 Å². The summed E-state index contributed by atoms with van der Waals surface area (Å²) in [5, 5.41) is 3.35. The molecule has 16 heavy (non-hydrogen) atoms. The summed E-state index contributed by atoms with van der Waals surface area (Å²) >= 11 is 0. The Morgan fingerprint density at radius 1 is 1.31 bits per heavy atom. The quantitative estimate of drug-likeness (QED) is 0.826. The number of piperidine rings is 1. The van der Waals surface area contributed by atoms with E-state index in [1.807, 2.05) is 0 Å². The first-order valence-electron chi connectivity index (χ1n) is 5.59. The fourth-order valence-corrected chi connectivity index (χ4v) is 1.83. The normalized spacial score (nSPS) is 18.4. The Labute approximate surface area is 95.8 Å². The minimum atomic E-state index is 0.490. The van der Waals surface area contributed by atoms with Crippen molar-refractivity contribution in [3.8, 4) is 5.75 Å². The van der Waals surface area contributed by atoms with E-state index in [-0.39, 0.29) is 0 Å². The van der Waals surface area contributed by atoms with Gasteiger partial charge in [0.05, 0.1) is 19.5 Å². The number of methoxy groups -OCH3 is 1. The smallest absolute Gasteiger partial charge is 0.223 e. The van der Waals surface area contributed by atoms with E-state index in [9.17, 15) is 0 Å². The topological polar surface area (TPSA) is 50.3 Å². The van der Waals surface area contributed by atoms with Crippen molar-refractivity contribution in [1.29, 1.82) is 0 Å². The van der Waals surface area contributed by atoms with Crippen molar-refractivity contribution < 1.29 is 4.74 Å². The van der Waals surface area contributed by atoms with Gasteiger partial charge in [0.15, 0.2) is 5.75 Å². The lowest BCUT2D eigenvalue weighted by Crippen LogP contribution is -2.37. The third-order valence-corrected chi connectivity index (χ3v) is 2.92. The van der Waals surface area contributed by atoms with Crippen LogP contribution in [0.2, 0.25) is 0 Å². The molecule has 0 saturated carbocycles. The summed E-state index contributed by atoms with van der Waals surface area (Å²) in [6, 6.07) is 0.490. The summed E-state index contributed by atoms with van der Waals surface area (Å²) in [7, 11) is 3.77. The van der Waals surface area contributed by atoms with Gasteiger partial charge in [-0.3, -0.25) is 0 Å². The molecule has 0 unspecified atom stereocenters. The maximum Gasteiger partial charge on any atom is 0.223 e. The van der Waals surface area contributed by atoms with Crippen LogP contribution in [0.15, 0.2) is 12.4 Å². The Bertz CT molecular complexity index is 319. The predicted octanol–water partition coefficient (Wildman–Crippen LogP) is 0.991. The molecule has 0 aliphatic carbocycles. The van der Waals surface area contributed by atoms with E-state index in [1.165, 1.54) is 0 Å². The van der Waals surface area contributed by atoms with E-state index in [1.54, 1.807) is 19.5 Å². The molecule has 1 aromatic heterocycles. The van der Waals surface area contributed by atoms with Gasteiger partial charge in [0.1, 0.15) is 0 Å². The Morgan fingerprint density at radius 2 is 1.94 bits per heavy atom. The second kappa shape index (κ2) is 5.12. The maximum atomic E-state index is 5.01. The highest BCUT2D eigenvalue weighted by Crippen LogP contribution is 2.14. The molecule has 0 atom stereocenters. The molecular formula is C11H18N4O. The third-order valence-electron chi connectivity index (χ3n) is 2.92. The van der Waals surface area contributed by atoms with Gasteiger partial charge in [0.25, 0.3) is 0 Å². The molecule has 1 aliphatic heterocycles. The summed E-state index contributed by atoms with van der Waals surface area (Å²) in [6.07, 6.45) is 5.66. The van der Waals surface area contributed by atoms with Crippen molar-refractivity contribution in [2.24, 2.45) is 0 Å². The second-order valence-electron chi connectivity index (χ2n) is 4.17. The highest BCUT2D eigenvalue weighted by Gasteiger charge is 2.16. The number of aromatic nitrogens is 2. The van der Waals surface area contributed by atoms with Gasteiger partial charge in [-0.1, -0.05) is 0 Å². The SMILES string of the molecule is COc1cnc(NC2CCN(C)CC2)nc1. The molecule has 1 aromatic rings. The molecule has 2 rings (SSSR count). The van der Waals surface area contributed by atoms with Crippen LogP contribution in [0.3, 0.4) is 0 Å². The summed E-state index contributed by atoms with van der Waals surface area (Å²) < 4.78 is 5.01. The molecule has 1 fully saturated rings. The molecule has 0 aromatic carbocycles. The average molecular weight is 222 g/mol. The molecule has 5 nitrogen and oxygen atoms in total. The number of hydrogen-bond acceptors (Lipinski definition) is 5. The van der Waals surface area contributed by atoms with Crippen LogP contribution in [0.1, 0.15) is 12.8 Å². The molecule has 1 N–H and O–H groups in total. The number of nitrogens with zero attached hydrogens (tertiary/aromatic N) is 3. The lowest BCUT2D eigenvalue weighted by molar-refractivity contribution is 0.263. The van der Waals surface area contributed by atoms with Gasteiger partial charge in [0, 0.05) is 6.04 Å². The zero-order valence-corrected chi connectivity index (χ0v) is 9.81. The Balaban J connectivity index is 1.88. The van der Waals surface area contributed by atoms with Gasteiger partial charge in [-0.25, -0.2) is 9.97 Å². The largest absolute Gasteiger partial charge is 0.494 e. The predicted molar refractivity (Wildman–Crippen MR) is 62.7 cm³/mol. The van der Waals surface area contributed by atoms with Gasteiger partial charge in [-0.2, -0.15) is 0 Å². The number of likely N-dealkylation sites (tertiary alicyclic amines) is 1. The zero-order chi connectivity index (χ0) is 11.4. The van der Waals surface area contributed by atoms with E-state index < -0.39 is 0 Å². The first kappa shape index (κ1) is 11.1. The highest BCUT2D eigenvalue weighted by molar-refractivity contribution is 5.28. The van der Waals surface area contributed by atoms with Crippen molar-refractivity contribution in [1.82, 2.24) is 14.9 Å². The molecule has 88 valence electrons. The molecule has 0 spiro atoms. The van der Waals surface area contributed by atoms with Crippen LogP contribution in [0.5, 0.6) is 5.75 Å². The number of anilines is 1. The van der Waals surface area contributed by atoms with E-state index >= 15 is 0 Å². The summed E-state index contributed by atoms with van der Waals surface area (Å²) in [5.41, 5.74) is 0. The number of nitrogens with one attached hydrogen (secondary N) is 1. The molecule has 1 saturated heterocycles. The van der Waals surface area contributed by atoms with Crippen LogP contribution in [-0.4, -0.2) is 48.2 Å². The minimum Gasteiger partial charge on any atom is -0.494 e. The van der Waals surface area contributed by atoms with Gasteiger partial charge in [-0.05, 0) is 33.0 Å². The summed E-state index contributed by atoms with van der Waals surface area (Å²) in [6.45, 7) is 2.27. The molecule has 2 heterocycles. The number of rotatable bonds is 3. The Hall–Kier alpha value is -1.36. The van der Waals surface area contributed by atoms with Crippen molar-refractivity contribution in [2.75, 3.05) is 32.6 Å².